The lowest BCUT2D eigenvalue weighted by molar-refractivity contribution is 0.0744. The first-order valence-corrected chi connectivity index (χ1v) is 10.9. The Labute approximate surface area is 188 Å². The van der Waals surface area contributed by atoms with E-state index in [1.165, 1.54) is 11.1 Å². The molecule has 4 nitrogen and oxygen atoms in total. The molecular formula is C28H28N2O2. The molecule has 0 atom stereocenters. The number of aromatic amines is 1. The van der Waals surface area contributed by atoms with Crippen LogP contribution in [0.4, 0.5) is 0 Å². The summed E-state index contributed by atoms with van der Waals surface area (Å²) in [4.78, 5) is 31.1. The van der Waals surface area contributed by atoms with Gasteiger partial charge in [-0.25, -0.2) is 0 Å². The number of benzene rings is 3. The lowest BCUT2D eigenvalue weighted by Crippen LogP contribution is -2.34. The van der Waals surface area contributed by atoms with Gasteiger partial charge in [-0.2, -0.15) is 0 Å². The highest BCUT2D eigenvalue weighted by Gasteiger charge is 2.18. The average molecular weight is 425 g/mol. The topological polar surface area (TPSA) is 53.2 Å². The van der Waals surface area contributed by atoms with Gasteiger partial charge in [-0.15, -0.1) is 0 Å². The number of rotatable bonds is 6. The fourth-order valence-corrected chi connectivity index (χ4v) is 4.05. The molecule has 1 N–H and O–H groups in total. The maximum Gasteiger partial charge on any atom is 0.254 e. The molecule has 0 unspecified atom stereocenters. The summed E-state index contributed by atoms with van der Waals surface area (Å²) in [5.74, 6) is -0.0706. The zero-order valence-electron chi connectivity index (χ0n) is 18.8. The van der Waals surface area contributed by atoms with Crippen LogP contribution in [0.1, 0.15) is 38.2 Å². The monoisotopic (exact) mass is 424 g/mol. The molecule has 0 spiro atoms. The molecule has 0 fully saturated rings. The standard InChI is InChI=1S/C28H28N2O2/c1-19-13-14-24-17-25(27(31)29-26(24)21(19)3)18-30(28(32)23-11-5-4-6-12-23)16-15-22-10-8-7-9-20(22)2/h4-14,17H,15-16,18H2,1-3H3,(H,29,31). The predicted octanol–water partition coefficient (Wildman–Crippen LogP) is 5.34. The van der Waals surface area contributed by atoms with Gasteiger partial charge in [0.05, 0.1) is 12.1 Å². The highest BCUT2D eigenvalue weighted by molar-refractivity contribution is 5.94. The van der Waals surface area contributed by atoms with Gasteiger partial charge in [0.2, 0.25) is 0 Å². The molecule has 32 heavy (non-hydrogen) atoms. The normalized spacial score (nSPS) is 11.0. The summed E-state index contributed by atoms with van der Waals surface area (Å²) < 4.78 is 0. The number of fused-ring (bicyclic) bond motifs is 1. The second kappa shape index (κ2) is 9.23. The first kappa shape index (κ1) is 21.6. The third kappa shape index (κ3) is 4.50. The van der Waals surface area contributed by atoms with Crippen LogP contribution in [0, 0.1) is 20.8 Å². The number of amides is 1. The van der Waals surface area contributed by atoms with Crippen molar-refractivity contribution in [2.24, 2.45) is 0 Å². The van der Waals surface area contributed by atoms with Gasteiger partial charge >= 0.3 is 0 Å². The van der Waals surface area contributed by atoms with E-state index in [1.807, 2.05) is 68.4 Å². The number of pyridine rings is 1. The summed E-state index contributed by atoms with van der Waals surface area (Å²) in [6.07, 6.45) is 0.731. The molecule has 1 heterocycles. The number of nitrogens with one attached hydrogen (secondary N) is 1. The first-order valence-electron chi connectivity index (χ1n) is 10.9. The van der Waals surface area contributed by atoms with Gasteiger partial charge in [0.1, 0.15) is 0 Å². The fourth-order valence-electron chi connectivity index (χ4n) is 4.05. The molecule has 3 aromatic carbocycles. The van der Waals surface area contributed by atoms with Gasteiger partial charge in [0.15, 0.2) is 0 Å². The number of aromatic nitrogens is 1. The van der Waals surface area contributed by atoms with E-state index in [-0.39, 0.29) is 18.0 Å². The van der Waals surface area contributed by atoms with Crippen LogP contribution in [0.3, 0.4) is 0 Å². The lowest BCUT2D eigenvalue weighted by Gasteiger charge is -2.23. The molecule has 0 aliphatic heterocycles. The Kier molecular flexibility index (Phi) is 6.22. The zero-order chi connectivity index (χ0) is 22.7. The zero-order valence-corrected chi connectivity index (χ0v) is 18.8. The summed E-state index contributed by atoms with van der Waals surface area (Å²) in [6.45, 7) is 6.92. The Morgan fingerprint density at radius 1 is 0.844 bits per heavy atom. The van der Waals surface area contributed by atoms with Gasteiger partial charge in [-0.1, -0.05) is 54.6 Å². The molecule has 0 aliphatic rings. The Hall–Kier alpha value is -3.66. The van der Waals surface area contributed by atoms with E-state index in [4.69, 9.17) is 0 Å². The van der Waals surface area contributed by atoms with Crippen LogP contribution in [0.15, 0.2) is 77.6 Å². The summed E-state index contributed by atoms with van der Waals surface area (Å²) in [6, 6.07) is 23.5. The smallest absolute Gasteiger partial charge is 0.254 e. The Morgan fingerprint density at radius 2 is 1.56 bits per heavy atom. The Morgan fingerprint density at radius 3 is 2.31 bits per heavy atom. The third-order valence-electron chi connectivity index (χ3n) is 6.21. The fraction of sp³-hybridized carbons (Fsp3) is 0.214. The van der Waals surface area contributed by atoms with Crippen LogP contribution < -0.4 is 5.56 Å². The quantitative estimate of drug-likeness (QED) is 0.454. The van der Waals surface area contributed by atoms with Crippen molar-refractivity contribution in [3.8, 4) is 0 Å². The number of aryl methyl sites for hydroxylation is 3. The van der Waals surface area contributed by atoms with Gasteiger partial charge in [-0.3, -0.25) is 9.59 Å². The van der Waals surface area contributed by atoms with Crippen LogP contribution in [0.5, 0.6) is 0 Å². The molecule has 0 saturated heterocycles. The Balaban J connectivity index is 1.67. The maximum atomic E-state index is 13.3. The minimum absolute atomic E-state index is 0.0706. The van der Waals surface area contributed by atoms with E-state index < -0.39 is 0 Å². The number of carbonyl (C=O) groups is 1. The average Bonchev–Trinajstić information content (AvgIpc) is 2.81. The van der Waals surface area contributed by atoms with Crippen molar-refractivity contribution in [1.82, 2.24) is 9.88 Å². The largest absolute Gasteiger partial charge is 0.334 e. The van der Waals surface area contributed by atoms with Gasteiger partial charge in [0.25, 0.3) is 11.5 Å². The van der Waals surface area contributed by atoms with Crippen molar-refractivity contribution in [3.63, 3.8) is 0 Å². The molecule has 0 saturated carbocycles. The summed E-state index contributed by atoms with van der Waals surface area (Å²) in [5.41, 5.74) is 6.55. The SMILES string of the molecule is Cc1ccccc1CCN(Cc1cc2ccc(C)c(C)c2[nH]c1=O)C(=O)c1ccccc1. The van der Waals surface area contributed by atoms with Crippen LogP contribution in [0.2, 0.25) is 0 Å². The molecule has 0 aliphatic carbocycles. The molecule has 4 heteroatoms. The van der Waals surface area contributed by atoms with Crippen LogP contribution in [-0.4, -0.2) is 22.3 Å². The van der Waals surface area contributed by atoms with E-state index in [1.54, 1.807) is 4.90 Å². The lowest BCUT2D eigenvalue weighted by atomic mass is 10.0. The highest BCUT2D eigenvalue weighted by Crippen LogP contribution is 2.20. The molecule has 162 valence electrons. The van der Waals surface area contributed by atoms with Crippen LogP contribution >= 0.6 is 0 Å². The number of nitrogens with zero attached hydrogens (tertiary/aromatic N) is 1. The second-order valence-corrected chi connectivity index (χ2v) is 8.36. The molecular weight excluding hydrogens is 396 g/mol. The van der Waals surface area contributed by atoms with Crippen molar-refractivity contribution >= 4 is 16.8 Å². The van der Waals surface area contributed by atoms with Gasteiger partial charge in [0, 0.05) is 17.7 Å². The highest BCUT2D eigenvalue weighted by atomic mass is 16.2. The maximum absolute atomic E-state index is 13.3. The molecule has 0 bridgehead atoms. The minimum Gasteiger partial charge on any atom is -0.334 e. The predicted molar refractivity (Wildman–Crippen MR) is 130 cm³/mol. The Bertz CT molecular complexity index is 1320. The van der Waals surface area contributed by atoms with E-state index in [9.17, 15) is 9.59 Å². The van der Waals surface area contributed by atoms with E-state index in [0.717, 1.165) is 28.5 Å². The van der Waals surface area contributed by atoms with Crippen molar-refractivity contribution in [1.29, 1.82) is 0 Å². The number of hydrogen-bond acceptors (Lipinski definition) is 2. The van der Waals surface area contributed by atoms with Crippen LogP contribution in [0.25, 0.3) is 10.9 Å². The van der Waals surface area contributed by atoms with Crippen molar-refractivity contribution in [2.75, 3.05) is 6.54 Å². The third-order valence-corrected chi connectivity index (χ3v) is 6.21. The minimum atomic E-state index is -0.145. The van der Waals surface area contributed by atoms with Crippen LogP contribution in [-0.2, 0) is 13.0 Å². The first-order chi connectivity index (χ1) is 15.4. The van der Waals surface area contributed by atoms with E-state index in [0.29, 0.717) is 17.7 Å². The molecule has 0 radical (unpaired) electrons. The summed E-state index contributed by atoms with van der Waals surface area (Å²) >= 11 is 0. The summed E-state index contributed by atoms with van der Waals surface area (Å²) in [5, 5.41) is 0.980. The van der Waals surface area contributed by atoms with E-state index >= 15 is 0 Å². The van der Waals surface area contributed by atoms with Crippen molar-refractivity contribution in [3.05, 3.63) is 117 Å². The molecule has 4 aromatic rings. The molecule has 1 amide bonds. The number of H-pyrrole nitrogens is 1. The van der Waals surface area contributed by atoms with Crippen molar-refractivity contribution in [2.45, 2.75) is 33.7 Å². The number of carbonyl (C=O) groups excluding carboxylic acids is 1. The number of hydrogen-bond donors (Lipinski definition) is 1. The second-order valence-electron chi connectivity index (χ2n) is 8.36. The van der Waals surface area contributed by atoms with Crippen molar-refractivity contribution < 1.29 is 4.79 Å². The molecule has 1 aromatic heterocycles. The van der Waals surface area contributed by atoms with Gasteiger partial charge in [-0.05, 0) is 73.0 Å². The van der Waals surface area contributed by atoms with E-state index in [2.05, 4.69) is 30.1 Å². The molecule has 4 rings (SSSR count). The summed E-state index contributed by atoms with van der Waals surface area (Å²) in [7, 11) is 0. The van der Waals surface area contributed by atoms with Gasteiger partial charge < -0.3 is 9.88 Å².